The summed E-state index contributed by atoms with van der Waals surface area (Å²) in [7, 11) is 0. The standard InChI is InChI=1S/C50H27N5S/c51-28-30-14-18-45-37(22-30)35-10-4-7-13-44(35)54(45)33-16-20-49-41(24-33)42-25-34(17-21-50(42)56-49)55-46-19-15-31(29-52)23-38(46)40-26-39-36-11-5-6-12-43(36)53(47(39)27-48(40)55)32-8-2-1-3-9-32/h1-27H. The Morgan fingerprint density at radius 3 is 1.34 bits per heavy atom. The minimum absolute atomic E-state index is 0.643. The van der Waals surface area contributed by atoms with Gasteiger partial charge < -0.3 is 13.7 Å². The van der Waals surface area contributed by atoms with Gasteiger partial charge in [0.05, 0.1) is 56.4 Å². The van der Waals surface area contributed by atoms with Crippen molar-refractivity contribution in [3.63, 3.8) is 0 Å². The van der Waals surface area contributed by atoms with E-state index in [1.165, 1.54) is 30.9 Å². The van der Waals surface area contributed by atoms with Crippen molar-refractivity contribution < 1.29 is 0 Å². The van der Waals surface area contributed by atoms with Gasteiger partial charge in [0, 0.05) is 69.6 Å². The van der Waals surface area contributed by atoms with Gasteiger partial charge in [0.1, 0.15) is 0 Å². The van der Waals surface area contributed by atoms with Crippen LogP contribution >= 0.6 is 11.3 Å². The molecule has 56 heavy (non-hydrogen) atoms. The van der Waals surface area contributed by atoms with Crippen LogP contribution in [0.3, 0.4) is 0 Å². The summed E-state index contributed by atoms with van der Waals surface area (Å²) < 4.78 is 9.49. The van der Waals surface area contributed by atoms with Gasteiger partial charge in [0.15, 0.2) is 0 Å². The molecule has 0 aliphatic carbocycles. The van der Waals surface area contributed by atoms with Crippen LogP contribution in [0.4, 0.5) is 0 Å². The van der Waals surface area contributed by atoms with E-state index in [1.54, 1.807) is 0 Å². The van der Waals surface area contributed by atoms with Crippen LogP contribution in [-0.4, -0.2) is 13.7 Å². The van der Waals surface area contributed by atoms with E-state index >= 15 is 0 Å². The van der Waals surface area contributed by atoms with Gasteiger partial charge in [-0.3, -0.25) is 0 Å². The van der Waals surface area contributed by atoms with Gasteiger partial charge in [0.2, 0.25) is 0 Å². The molecular weight excluding hydrogens is 703 g/mol. The normalized spacial score (nSPS) is 11.9. The summed E-state index contributed by atoms with van der Waals surface area (Å²) in [5, 5.41) is 28.8. The zero-order valence-electron chi connectivity index (χ0n) is 29.7. The number of rotatable bonds is 3. The van der Waals surface area contributed by atoms with Crippen LogP contribution in [0, 0.1) is 22.7 Å². The van der Waals surface area contributed by atoms with Crippen molar-refractivity contribution in [1.29, 1.82) is 10.5 Å². The van der Waals surface area contributed by atoms with Gasteiger partial charge in [-0.05, 0) is 109 Å². The molecule has 0 aliphatic rings. The van der Waals surface area contributed by atoms with Crippen LogP contribution in [0.5, 0.6) is 0 Å². The molecule has 0 saturated carbocycles. The molecule has 4 aromatic heterocycles. The zero-order chi connectivity index (χ0) is 37.1. The summed E-state index contributed by atoms with van der Waals surface area (Å²) in [5.74, 6) is 0. The average Bonchev–Trinajstić information content (AvgIpc) is 3.98. The molecule has 0 spiro atoms. The molecule has 12 aromatic rings. The number of thiophene rings is 1. The number of aromatic nitrogens is 3. The monoisotopic (exact) mass is 729 g/mol. The van der Waals surface area contributed by atoms with Gasteiger partial charge in [-0.15, -0.1) is 11.3 Å². The Hall–Kier alpha value is -7.64. The Bertz CT molecular complexity index is 3730. The Balaban J connectivity index is 1.13. The first kappa shape index (κ1) is 30.8. The maximum atomic E-state index is 9.99. The number of fused-ring (bicyclic) bond motifs is 12. The highest BCUT2D eigenvalue weighted by molar-refractivity contribution is 7.25. The lowest BCUT2D eigenvalue weighted by Crippen LogP contribution is -1.96. The molecule has 0 amide bonds. The van der Waals surface area contributed by atoms with Gasteiger partial charge in [-0.2, -0.15) is 10.5 Å². The first-order chi connectivity index (χ1) is 27.7. The molecule has 0 radical (unpaired) electrons. The fourth-order valence-electron chi connectivity index (χ4n) is 9.04. The van der Waals surface area contributed by atoms with Crippen molar-refractivity contribution in [2.45, 2.75) is 0 Å². The van der Waals surface area contributed by atoms with E-state index in [0.29, 0.717) is 11.1 Å². The fraction of sp³-hybridized carbons (Fsp3) is 0. The summed E-state index contributed by atoms with van der Waals surface area (Å²) in [4.78, 5) is 0. The molecule has 4 heterocycles. The predicted octanol–water partition coefficient (Wildman–Crippen LogP) is 13.1. The second-order valence-electron chi connectivity index (χ2n) is 14.4. The van der Waals surface area contributed by atoms with Crippen LogP contribution in [0.1, 0.15) is 11.1 Å². The van der Waals surface area contributed by atoms with E-state index in [0.717, 1.165) is 71.7 Å². The molecule has 0 aliphatic heterocycles. The molecule has 0 saturated heterocycles. The third-order valence-electron chi connectivity index (χ3n) is 11.5. The third-order valence-corrected chi connectivity index (χ3v) is 12.6. The quantitative estimate of drug-likeness (QED) is 0.182. The smallest absolute Gasteiger partial charge is 0.0991 e. The van der Waals surface area contributed by atoms with Crippen LogP contribution < -0.4 is 0 Å². The largest absolute Gasteiger partial charge is 0.309 e. The van der Waals surface area contributed by atoms with Crippen molar-refractivity contribution in [3.8, 4) is 29.2 Å². The summed E-state index contributed by atoms with van der Waals surface area (Å²) >= 11 is 1.81. The summed E-state index contributed by atoms with van der Waals surface area (Å²) in [6.07, 6.45) is 0. The van der Waals surface area contributed by atoms with Crippen molar-refractivity contribution in [2.24, 2.45) is 0 Å². The Morgan fingerprint density at radius 2 is 0.768 bits per heavy atom. The van der Waals surface area contributed by atoms with Gasteiger partial charge in [-0.1, -0.05) is 54.6 Å². The van der Waals surface area contributed by atoms with Crippen LogP contribution in [0.15, 0.2) is 164 Å². The summed E-state index contributed by atoms with van der Waals surface area (Å²) in [6.45, 7) is 0. The maximum Gasteiger partial charge on any atom is 0.0991 e. The minimum atomic E-state index is 0.643. The number of hydrogen-bond acceptors (Lipinski definition) is 3. The SMILES string of the molecule is N#Cc1ccc2c(c1)c1ccccc1n2-c1ccc2sc3ccc(-n4c5ccc(C#N)cc5c5cc6c7ccccc7n(-c7ccccc7)c6cc54)cc3c2c1. The van der Waals surface area contributed by atoms with E-state index in [2.05, 4.69) is 165 Å². The molecule has 8 aromatic carbocycles. The Morgan fingerprint density at radius 1 is 0.321 bits per heavy atom. The fourth-order valence-corrected chi connectivity index (χ4v) is 10.1. The molecule has 0 N–H and O–H groups in total. The molecule has 258 valence electrons. The van der Waals surface area contributed by atoms with E-state index in [1.807, 2.05) is 35.6 Å². The van der Waals surface area contributed by atoms with Crippen LogP contribution in [-0.2, 0) is 0 Å². The predicted molar refractivity (Wildman–Crippen MR) is 232 cm³/mol. The topological polar surface area (TPSA) is 62.4 Å². The Labute approximate surface area is 323 Å². The Kier molecular flexibility index (Phi) is 6.28. The zero-order valence-corrected chi connectivity index (χ0v) is 30.5. The van der Waals surface area contributed by atoms with E-state index < -0.39 is 0 Å². The van der Waals surface area contributed by atoms with Gasteiger partial charge in [-0.25, -0.2) is 0 Å². The number of nitrogens with zero attached hydrogens (tertiary/aromatic N) is 5. The number of hydrogen-bond donors (Lipinski definition) is 0. The molecule has 0 fully saturated rings. The lowest BCUT2D eigenvalue weighted by atomic mass is 10.1. The molecule has 0 bridgehead atoms. The van der Waals surface area contributed by atoms with E-state index in [9.17, 15) is 10.5 Å². The van der Waals surface area contributed by atoms with E-state index in [-0.39, 0.29) is 0 Å². The minimum Gasteiger partial charge on any atom is -0.309 e. The third kappa shape index (κ3) is 4.22. The molecule has 0 atom stereocenters. The number of para-hydroxylation sites is 3. The second-order valence-corrected chi connectivity index (χ2v) is 15.5. The lowest BCUT2D eigenvalue weighted by Gasteiger charge is -2.11. The van der Waals surface area contributed by atoms with Crippen molar-refractivity contribution >= 4 is 96.9 Å². The molecule has 6 heteroatoms. The number of nitriles is 2. The molecular formula is C50H27N5S. The lowest BCUT2D eigenvalue weighted by molar-refractivity contribution is 1.17. The molecule has 0 unspecified atom stereocenters. The van der Waals surface area contributed by atoms with Gasteiger partial charge in [0.25, 0.3) is 0 Å². The maximum absolute atomic E-state index is 9.99. The first-order valence-corrected chi connectivity index (χ1v) is 19.4. The van der Waals surface area contributed by atoms with Crippen LogP contribution in [0.25, 0.3) is 103 Å². The number of benzene rings is 8. The highest BCUT2D eigenvalue weighted by Gasteiger charge is 2.20. The summed E-state index contributed by atoms with van der Waals surface area (Å²) in [5.41, 5.74) is 11.2. The first-order valence-electron chi connectivity index (χ1n) is 18.5. The molecule has 5 nitrogen and oxygen atoms in total. The van der Waals surface area contributed by atoms with E-state index in [4.69, 9.17) is 0 Å². The van der Waals surface area contributed by atoms with Gasteiger partial charge >= 0.3 is 0 Å². The average molecular weight is 730 g/mol. The van der Waals surface area contributed by atoms with Crippen molar-refractivity contribution in [3.05, 3.63) is 175 Å². The second kappa shape index (κ2) is 11.4. The highest BCUT2D eigenvalue weighted by Crippen LogP contribution is 2.42. The summed E-state index contributed by atoms with van der Waals surface area (Å²) in [6, 6.07) is 62.5. The highest BCUT2D eigenvalue weighted by atomic mass is 32.1. The van der Waals surface area contributed by atoms with Crippen molar-refractivity contribution in [2.75, 3.05) is 0 Å². The van der Waals surface area contributed by atoms with Crippen LogP contribution in [0.2, 0.25) is 0 Å². The molecule has 12 rings (SSSR count). The van der Waals surface area contributed by atoms with Crippen molar-refractivity contribution in [1.82, 2.24) is 13.7 Å².